The quantitative estimate of drug-likeness (QED) is 0.847. The Morgan fingerprint density at radius 1 is 1.24 bits per heavy atom. The fourth-order valence-electron chi connectivity index (χ4n) is 1.74. The van der Waals surface area contributed by atoms with E-state index < -0.39 is 0 Å². The van der Waals surface area contributed by atoms with E-state index in [2.05, 4.69) is 44.3 Å². The first-order chi connectivity index (χ1) is 7.95. The highest BCUT2D eigenvalue weighted by molar-refractivity contribution is 5.78. The molecular weight excluding hydrogens is 210 g/mol. The van der Waals surface area contributed by atoms with E-state index in [1.807, 2.05) is 13.8 Å². The molecule has 0 aliphatic rings. The van der Waals surface area contributed by atoms with Crippen LogP contribution in [0.15, 0.2) is 18.2 Å². The van der Waals surface area contributed by atoms with Crippen LogP contribution in [0.2, 0.25) is 0 Å². The van der Waals surface area contributed by atoms with Crippen LogP contribution in [-0.4, -0.2) is 5.91 Å². The van der Waals surface area contributed by atoms with Crippen LogP contribution in [0.1, 0.15) is 49.9 Å². The fourth-order valence-corrected chi connectivity index (χ4v) is 1.74. The summed E-state index contributed by atoms with van der Waals surface area (Å²) in [5.41, 5.74) is 3.77. The van der Waals surface area contributed by atoms with Gasteiger partial charge in [0.25, 0.3) is 0 Å². The second-order valence-corrected chi connectivity index (χ2v) is 4.97. The number of nitrogens with one attached hydrogen (secondary N) is 1. The van der Waals surface area contributed by atoms with Gasteiger partial charge in [0, 0.05) is 5.92 Å². The molecule has 0 aliphatic carbocycles. The van der Waals surface area contributed by atoms with E-state index >= 15 is 0 Å². The highest BCUT2D eigenvalue weighted by atomic mass is 16.1. The summed E-state index contributed by atoms with van der Waals surface area (Å²) in [6.45, 7) is 10.1. The molecule has 0 saturated carbocycles. The third-order valence-corrected chi connectivity index (χ3v) is 3.18. The molecule has 1 aromatic rings. The van der Waals surface area contributed by atoms with Crippen molar-refractivity contribution in [3.05, 3.63) is 34.9 Å². The Hall–Kier alpha value is -1.31. The predicted octanol–water partition coefficient (Wildman–Crippen LogP) is 3.53. The standard InChI is InChI=1S/C15H23NO/c1-6-14(16-15(17)10(2)3)13-8-7-11(4)12(5)9-13/h7-10,14H,6H2,1-5H3,(H,16,17)/t14-/m0/s1. The minimum atomic E-state index is 0.0376. The van der Waals surface area contributed by atoms with Crippen molar-refractivity contribution in [2.75, 3.05) is 0 Å². The first kappa shape index (κ1) is 13.8. The average molecular weight is 233 g/mol. The number of amides is 1. The van der Waals surface area contributed by atoms with Crippen molar-refractivity contribution >= 4 is 5.91 Å². The number of rotatable bonds is 4. The third kappa shape index (κ3) is 3.58. The highest BCUT2D eigenvalue weighted by Gasteiger charge is 2.15. The van der Waals surface area contributed by atoms with E-state index in [1.54, 1.807) is 0 Å². The van der Waals surface area contributed by atoms with Crippen LogP contribution in [0.3, 0.4) is 0 Å². The maximum Gasteiger partial charge on any atom is 0.223 e. The smallest absolute Gasteiger partial charge is 0.223 e. The van der Waals surface area contributed by atoms with Gasteiger partial charge in [-0.1, -0.05) is 39.0 Å². The van der Waals surface area contributed by atoms with Gasteiger partial charge in [-0.25, -0.2) is 0 Å². The molecule has 1 rings (SSSR count). The van der Waals surface area contributed by atoms with Crippen LogP contribution in [0.25, 0.3) is 0 Å². The zero-order valence-electron chi connectivity index (χ0n) is 11.5. The lowest BCUT2D eigenvalue weighted by atomic mass is 9.99. The Morgan fingerprint density at radius 2 is 1.88 bits per heavy atom. The summed E-state index contributed by atoms with van der Waals surface area (Å²) >= 11 is 0. The molecule has 0 aliphatic heterocycles. The van der Waals surface area contributed by atoms with Crippen molar-refractivity contribution in [3.63, 3.8) is 0 Å². The van der Waals surface area contributed by atoms with Crippen LogP contribution in [0.4, 0.5) is 0 Å². The lowest BCUT2D eigenvalue weighted by Gasteiger charge is -2.19. The summed E-state index contributed by atoms with van der Waals surface area (Å²) in [5.74, 6) is 0.158. The number of aryl methyl sites for hydroxylation is 2. The molecule has 0 aromatic heterocycles. The van der Waals surface area contributed by atoms with Gasteiger partial charge in [-0.15, -0.1) is 0 Å². The van der Waals surface area contributed by atoms with Gasteiger partial charge in [0.2, 0.25) is 5.91 Å². The van der Waals surface area contributed by atoms with Crippen molar-refractivity contribution in [1.29, 1.82) is 0 Å². The predicted molar refractivity (Wildman–Crippen MR) is 71.9 cm³/mol. The van der Waals surface area contributed by atoms with Crippen molar-refractivity contribution < 1.29 is 4.79 Å². The third-order valence-electron chi connectivity index (χ3n) is 3.18. The van der Waals surface area contributed by atoms with Crippen molar-refractivity contribution in [3.8, 4) is 0 Å². The Kier molecular flexibility index (Phi) is 4.73. The van der Waals surface area contributed by atoms with E-state index in [9.17, 15) is 4.79 Å². The van der Waals surface area contributed by atoms with E-state index in [4.69, 9.17) is 0 Å². The largest absolute Gasteiger partial charge is 0.349 e. The van der Waals surface area contributed by atoms with Crippen LogP contribution in [0.5, 0.6) is 0 Å². The van der Waals surface area contributed by atoms with Crippen LogP contribution in [-0.2, 0) is 4.79 Å². The van der Waals surface area contributed by atoms with Gasteiger partial charge < -0.3 is 5.32 Å². The highest BCUT2D eigenvalue weighted by Crippen LogP contribution is 2.20. The second kappa shape index (κ2) is 5.85. The molecule has 0 saturated heterocycles. The van der Waals surface area contributed by atoms with E-state index in [0.29, 0.717) is 0 Å². The monoisotopic (exact) mass is 233 g/mol. The summed E-state index contributed by atoms with van der Waals surface area (Å²) in [5, 5.41) is 3.09. The lowest BCUT2D eigenvalue weighted by Crippen LogP contribution is -2.31. The van der Waals surface area contributed by atoms with Gasteiger partial charge in [-0.2, -0.15) is 0 Å². The number of carbonyl (C=O) groups excluding carboxylic acids is 1. The van der Waals surface area contributed by atoms with Gasteiger partial charge >= 0.3 is 0 Å². The zero-order chi connectivity index (χ0) is 13.0. The second-order valence-electron chi connectivity index (χ2n) is 4.97. The van der Waals surface area contributed by atoms with E-state index in [-0.39, 0.29) is 17.9 Å². The molecule has 94 valence electrons. The summed E-state index contributed by atoms with van der Waals surface area (Å²) in [4.78, 5) is 11.7. The van der Waals surface area contributed by atoms with Crippen LogP contribution in [0, 0.1) is 19.8 Å². The van der Waals surface area contributed by atoms with Gasteiger partial charge in [0.1, 0.15) is 0 Å². The van der Waals surface area contributed by atoms with Crippen molar-refractivity contribution in [2.45, 2.75) is 47.1 Å². The summed E-state index contributed by atoms with van der Waals surface area (Å²) in [7, 11) is 0. The van der Waals surface area contributed by atoms with Crippen molar-refractivity contribution in [1.82, 2.24) is 5.32 Å². The maximum atomic E-state index is 11.7. The topological polar surface area (TPSA) is 29.1 Å². The molecule has 0 fully saturated rings. The molecule has 2 heteroatoms. The summed E-state index contributed by atoms with van der Waals surface area (Å²) < 4.78 is 0. The van der Waals surface area contributed by atoms with Gasteiger partial charge in [0.15, 0.2) is 0 Å². The molecule has 17 heavy (non-hydrogen) atoms. The fraction of sp³-hybridized carbons (Fsp3) is 0.533. The average Bonchev–Trinajstić information content (AvgIpc) is 2.29. The molecule has 1 aromatic carbocycles. The molecule has 0 spiro atoms. The molecule has 0 unspecified atom stereocenters. The zero-order valence-corrected chi connectivity index (χ0v) is 11.5. The minimum Gasteiger partial charge on any atom is -0.349 e. The molecule has 0 bridgehead atoms. The van der Waals surface area contributed by atoms with Crippen LogP contribution >= 0.6 is 0 Å². The molecule has 0 radical (unpaired) electrons. The summed E-state index contributed by atoms with van der Waals surface area (Å²) in [6, 6.07) is 6.53. The Morgan fingerprint density at radius 3 is 2.35 bits per heavy atom. The molecule has 1 N–H and O–H groups in total. The number of hydrogen-bond acceptors (Lipinski definition) is 1. The first-order valence-electron chi connectivity index (χ1n) is 6.33. The van der Waals surface area contributed by atoms with Gasteiger partial charge in [-0.05, 0) is 37.0 Å². The Labute approximate surface area is 104 Å². The number of benzene rings is 1. The SMILES string of the molecule is CC[C@H](NC(=O)C(C)C)c1ccc(C)c(C)c1. The Balaban J connectivity index is 2.86. The van der Waals surface area contributed by atoms with Crippen LogP contribution < -0.4 is 5.32 Å². The molecule has 2 nitrogen and oxygen atoms in total. The molecule has 0 heterocycles. The first-order valence-corrected chi connectivity index (χ1v) is 6.33. The molecular formula is C15H23NO. The molecule has 1 amide bonds. The van der Waals surface area contributed by atoms with Gasteiger partial charge in [-0.3, -0.25) is 4.79 Å². The minimum absolute atomic E-state index is 0.0376. The normalized spacial score (nSPS) is 12.6. The van der Waals surface area contributed by atoms with Crippen molar-refractivity contribution in [2.24, 2.45) is 5.92 Å². The molecule has 1 atom stereocenters. The lowest BCUT2D eigenvalue weighted by molar-refractivity contribution is -0.124. The Bertz CT molecular complexity index is 396. The van der Waals surface area contributed by atoms with E-state index in [1.165, 1.54) is 16.7 Å². The maximum absolute atomic E-state index is 11.7. The van der Waals surface area contributed by atoms with Gasteiger partial charge in [0.05, 0.1) is 6.04 Å². The van der Waals surface area contributed by atoms with E-state index in [0.717, 1.165) is 6.42 Å². The number of hydrogen-bond donors (Lipinski definition) is 1. The number of carbonyl (C=O) groups is 1. The summed E-state index contributed by atoms with van der Waals surface area (Å²) in [6.07, 6.45) is 0.918.